The molecule has 7 nitrogen and oxygen atoms in total. The van der Waals surface area contributed by atoms with Gasteiger partial charge in [0.05, 0.1) is 18.7 Å². The minimum absolute atomic E-state index is 0.353. The Bertz CT molecular complexity index is 1080. The fraction of sp³-hybridized carbons (Fsp3) is 0.417. The number of hydrogen-bond donors (Lipinski definition) is 4. The standard InChI is InChI=1S/C24H28FNO6/c1-3-31-15-7-5-14(6-8-15)10-26-11-16(19-13(2)4-9-17(25)20(19)26)24-23(30)22(29)21(28)18(12-27)32-24/h4-9,11,18,21-24,27-30H,3,10,12H2,1-2H3/t18-,21-,22+,23-,24+/m1/s1. The summed E-state index contributed by atoms with van der Waals surface area (Å²) >= 11 is 0. The second-order valence-corrected chi connectivity index (χ2v) is 8.13. The normalized spacial score (nSPS) is 25.9. The molecule has 0 bridgehead atoms. The van der Waals surface area contributed by atoms with Crippen molar-refractivity contribution in [3.05, 3.63) is 65.1 Å². The molecule has 1 aliphatic rings. The SMILES string of the molecule is CCOc1ccc(Cn2cc([C@@H]3O[C@H](CO)[C@@H](O)[C@H](O)[C@H]3O)c3c(C)ccc(F)c32)cc1. The molecule has 0 radical (unpaired) electrons. The van der Waals surface area contributed by atoms with E-state index in [0.29, 0.717) is 29.6 Å². The predicted molar refractivity (Wildman–Crippen MR) is 116 cm³/mol. The van der Waals surface area contributed by atoms with Crippen molar-refractivity contribution in [1.29, 1.82) is 0 Å². The number of aliphatic hydroxyl groups excluding tert-OH is 4. The molecule has 0 saturated carbocycles. The van der Waals surface area contributed by atoms with Gasteiger partial charge in [0.25, 0.3) is 0 Å². The van der Waals surface area contributed by atoms with Crippen LogP contribution >= 0.6 is 0 Å². The molecule has 172 valence electrons. The summed E-state index contributed by atoms with van der Waals surface area (Å²) in [5.74, 6) is 0.324. The minimum atomic E-state index is -1.51. The Morgan fingerprint density at radius 2 is 1.75 bits per heavy atom. The highest BCUT2D eigenvalue weighted by Gasteiger charge is 2.45. The smallest absolute Gasteiger partial charge is 0.147 e. The monoisotopic (exact) mass is 445 g/mol. The van der Waals surface area contributed by atoms with Crippen LogP contribution in [0, 0.1) is 12.7 Å². The van der Waals surface area contributed by atoms with Crippen LogP contribution in [0.2, 0.25) is 0 Å². The van der Waals surface area contributed by atoms with Crippen molar-refractivity contribution in [2.45, 2.75) is 50.9 Å². The molecule has 1 aliphatic heterocycles. The lowest BCUT2D eigenvalue weighted by atomic mass is 9.90. The Labute approximate surface area is 185 Å². The lowest BCUT2D eigenvalue weighted by Gasteiger charge is -2.40. The van der Waals surface area contributed by atoms with E-state index in [-0.39, 0.29) is 0 Å². The lowest BCUT2D eigenvalue weighted by Crippen LogP contribution is -2.55. The first-order chi connectivity index (χ1) is 15.3. The van der Waals surface area contributed by atoms with Crippen molar-refractivity contribution in [3.63, 3.8) is 0 Å². The van der Waals surface area contributed by atoms with E-state index in [9.17, 15) is 24.8 Å². The quantitative estimate of drug-likeness (QED) is 0.463. The van der Waals surface area contributed by atoms with Crippen molar-refractivity contribution in [3.8, 4) is 5.75 Å². The van der Waals surface area contributed by atoms with Crippen LogP contribution < -0.4 is 4.74 Å². The maximum atomic E-state index is 15.0. The maximum absolute atomic E-state index is 15.0. The van der Waals surface area contributed by atoms with Gasteiger partial charge in [0.15, 0.2) is 0 Å². The third-order valence-corrected chi connectivity index (χ3v) is 5.99. The van der Waals surface area contributed by atoms with Gasteiger partial charge in [-0.05, 0) is 43.2 Å². The van der Waals surface area contributed by atoms with Crippen LogP contribution in [-0.2, 0) is 11.3 Å². The molecule has 4 rings (SSSR count). The summed E-state index contributed by atoms with van der Waals surface area (Å²) in [6, 6.07) is 10.5. The molecule has 0 unspecified atom stereocenters. The largest absolute Gasteiger partial charge is 0.494 e. The Morgan fingerprint density at radius 1 is 1.03 bits per heavy atom. The number of aromatic nitrogens is 1. The van der Waals surface area contributed by atoms with Gasteiger partial charge in [-0.1, -0.05) is 18.2 Å². The second kappa shape index (κ2) is 9.17. The molecular weight excluding hydrogens is 417 g/mol. The number of rotatable bonds is 6. The van der Waals surface area contributed by atoms with E-state index in [1.807, 2.05) is 38.1 Å². The number of halogens is 1. The van der Waals surface area contributed by atoms with Gasteiger partial charge in [0.1, 0.15) is 42.1 Å². The van der Waals surface area contributed by atoms with Gasteiger partial charge < -0.3 is 34.5 Å². The molecular formula is C24H28FNO6. The van der Waals surface area contributed by atoms with Crippen molar-refractivity contribution in [2.24, 2.45) is 0 Å². The van der Waals surface area contributed by atoms with Crippen molar-refractivity contribution >= 4 is 10.9 Å². The summed E-state index contributed by atoms with van der Waals surface area (Å²) in [5.41, 5.74) is 2.54. The number of fused-ring (bicyclic) bond motifs is 1. The third kappa shape index (κ3) is 4.00. The molecule has 0 spiro atoms. The fourth-order valence-electron chi connectivity index (χ4n) is 4.36. The summed E-state index contributed by atoms with van der Waals surface area (Å²) < 4.78 is 28.0. The van der Waals surface area contributed by atoms with Gasteiger partial charge in [-0.3, -0.25) is 0 Å². The van der Waals surface area contributed by atoms with Crippen molar-refractivity contribution < 1.29 is 34.3 Å². The Hall–Kier alpha value is -2.49. The highest BCUT2D eigenvalue weighted by molar-refractivity contribution is 5.88. The van der Waals surface area contributed by atoms with E-state index in [1.54, 1.807) is 16.8 Å². The third-order valence-electron chi connectivity index (χ3n) is 5.99. The number of aliphatic hydroxyl groups is 4. The number of ether oxygens (including phenoxy) is 2. The zero-order chi connectivity index (χ0) is 23.0. The van der Waals surface area contributed by atoms with Gasteiger partial charge in [-0.25, -0.2) is 4.39 Å². The van der Waals surface area contributed by atoms with Crippen LogP contribution in [-0.4, -0.2) is 62.6 Å². The van der Waals surface area contributed by atoms with Crippen LogP contribution in [0.25, 0.3) is 10.9 Å². The molecule has 2 heterocycles. The summed E-state index contributed by atoms with van der Waals surface area (Å²) in [6.45, 7) is 4.14. The molecule has 2 aromatic carbocycles. The Balaban J connectivity index is 1.78. The number of nitrogens with zero attached hydrogens (tertiary/aromatic N) is 1. The van der Waals surface area contributed by atoms with Crippen LogP contribution in [0.3, 0.4) is 0 Å². The molecule has 4 N–H and O–H groups in total. The molecule has 5 atom stereocenters. The minimum Gasteiger partial charge on any atom is -0.494 e. The second-order valence-electron chi connectivity index (χ2n) is 8.13. The first-order valence-electron chi connectivity index (χ1n) is 10.7. The Kier molecular flexibility index (Phi) is 6.50. The van der Waals surface area contributed by atoms with Crippen LogP contribution in [0.4, 0.5) is 4.39 Å². The number of benzene rings is 2. The van der Waals surface area contributed by atoms with E-state index < -0.39 is 42.9 Å². The van der Waals surface area contributed by atoms with E-state index in [0.717, 1.165) is 16.9 Å². The zero-order valence-electron chi connectivity index (χ0n) is 18.0. The average Bonchev–Trinajstić information content (AvgIpc) is 3.16. The summed E-state index contributed by atoms with van der Waals surface area (Å²) in [6.07, 6.45) is -4.80. The lowest BCUT2D eigenvalue weighted by molar-refractivity contribution is -0.231. The molecule has 8 heteroatoms. The van der Waals surface area contributed by atoms with Crippen LogP contribution in [0.1, 0.15) is 29.7 Å². The summed E-state index contributed by atoms with van der Waals surface area (Å²) in [4.78, 5) is 0. The first-order valence-corrected chi connectivity index (χ1v) is 10.7. The van der Waals surface area contributed by atoms with Crippen molar-refractivity contribution in [1.82, 2.24) is 4.57 Å². The number of hydrogen-bond acceptors (Lipinski definition) is 6. The molecule has 1 saturated heterocycles. The van der Waals surface area contributed by atoms with Crippen LogP contribution in [0.15, 0.2) is 42.6 Å². The van der Waals surface area contributed by atoms with E-state index in [4.69, 9.17) is 9.47 Å². The topological polar surface area (TPSA) is 104 Å². The highest BCUT2D eigenvalue weighted by atomic mass is 19.1. The molecule has 3 aromatic rings. The summed E-state index contributed by atoms with van der Waals surface area (Å²) in [7, 11) is 0. The number of aryl methyl sites for hydroxylation is 1. The maximum Gasteiger partial charge on any atom is 0.147 e. The van der Waals surface area contributed by atoms with E-state index in [1.165, 1.54) is 6.07 Å². The van der Waals surface area contributed by atoms with Gasteiger partial charge in [-0.2, -0.15) is 0 Å². The van der Waals surface area contributed by atoms with Gasteiger partial charge in [0, 0.05) is 23.7 Å². The Morgan fingerprint density at radius 3 is 2.41 bits per heavy atom. The average molecular weight is 445 g/mol. The van der Waals surface area contributed by atoms with E-state index in [2.05, 4.69) is 0 Å². The first kappa shape index (κ1) is 22.7. The van der Waals surface area contributed by atoms with Gasteiger partial charge >= 0.3 is 0 Å². The van der Waals surface area contributed by atoms with Crippen LogP contribution in [0.5, 0.6) is 5.75 Å². The predicted octanol–water partition coefficient (Wildman–Crippen LogP) is 2.05. The molecule has 0 aliphatic carbocycles. The fourth-order valence-corrected chi connectivity index (χ4v) is 4.36. The highest BCUT2D eigenvalue weighted by Crippen LogP contribution is 2.39. The zero-order valence-corrected chi connectivity index (χ0v) is 18.0. The van der Waals surface area contributed by atoms with E-state index >= 15 is 0 Å². The molecule has 0 amide bonds. The summed E-state index contributed by atoms with van der Waals surface area (Å²) in [5, 5.41) is 41.1. The van der Waals surface area contributed by atoms with Crippen molar-refractivity contribution in [2.75, 3.05) is 13.2 Å². The molecule has 1 aromatic heterocycles. The molecule has 32 heavy (non-hydrogen) atoms. The van der Waals surface area contributed by atoms with Gasteiger partial charge in [0.2, 0.25) is 0 Å². The van der Waals surface area contributed by atoms with Gasteiger partial charge in [-0.15, -0.1) is 0 Å². The molecule has 1 fully saturated rings.